The normalized spacial score (nSPS) is 13.0. The topological polar surface area (TPSA) is 48.4 Å². The highest BCUT2D eigenvalue weighted by atomic mass is 16.5. The Bertz CT molecular complexity index is 460. The number of fused-ring (bicyclic) bond motifs is 1. The second kappa shape index (κ2) is 3.95. The molecule has 0 amide bonds. The van der Waals surface area contributed by atoms with Crippen LogP contribution in [0.1, 0.15) is 12.5 Å². The van der Waals surface area contributed by atoms with Crippen molar-refractivity contribution in [1.82, 2.24) is 0 Å². The molecule has 80 valence electrons. The van der Waals surface area contributed by atoms with Crippen LogP contribution in [0, 0.1) is 0 Å². The van der Waals surface area contributed by atoms with Gasteiger partial charge in [0, 0.05) is 17.0 Å². The lowest BCUT2D eigenvalue weighted by molar-refractivity contribution is 0.414. The number of ether oxygens (including phenoxy) is 1. The van der Waals surface area contributed by atoms with Crippen LogP contribution < -0.4 is 10.5 Å². The highest BCUT2D eigenvalue weighted by Crippen LogP contribution is 2.26. The number of methoxy groups -OCH3 is 1. The molecule has 0 aliphatic carbocycles. The Kier molecular flexibility index (Phi) is 2.64. The first-order valence-corrected chi connectivity index (χ1v) is 5.00. The standard InChI is InChI=1S/C12H15NO2/c1-8(13)5-10-7-11(14-2)6-9-3-4-15-12(9)10/h3-4,6-8H,5,13H2,1-2H3. The Morgan fingerprint density at radius 2 is 2.27 bits per heavy atom. The molecule has 0 fully saturated rings. The molecule has 15 heavy (non-hydrogen) atoms. The number of nitrogens with two attached hydrogens (primary N) is 1. The van der Waals surface area contributed by atoms with Gasteiger partial charge in [0.15, 0.2) is 0 Å². The maximum absolute atomic E-state index is 5.79. The van der Waals surface area contributed by atoms with Crippen molar-refractivity contribution in [2.45, 2.75) is 19.4 Å². The highest BCUT2D eigenvalue weighted by molar-refractivity contribution is 5.82. The second-order valence-corrected chi connectivity index (χ2v) is 3.81. The van der Waals surface area contributed by atoms with Crippen LogP contribution in [0.3, 0.4) is 0 Å². The molecule has 3 heteroatoms. The maximum atomic E-state index is 5.79. The molecule has 2 rings (SSSR count). The molecule has 0 spiro atoms. The van der Waals surface area contributed by atoms with Gasteiger partial charge in [0.1, 0.15) is 11.3 Å². The fraction of sp³-hybridized carbons (Fsp3) is 0.333. The van der Waals surface area contributed by atoms with Crippen LogP contribution in [-0.4, -0.2) is 13.2 Å². The molecule has 0 saturated carbocycles. The fourth-order valence-corrected chi connectivity index (χ4v) is 1.74. The summed E-state index contributed by atoms with van der Waals surface area (Å²) in [6, 6.07) is 5.99. The number of benzene rings is 1. The average Bonchev–Trinajstić information content (AvgIpc) is 2.64. The van der Waals surface area contributed by atoms with Gasteiger partial charge in [-0.3, -0.25) is 0 Å². The van der Waals surface area contributed by atoms with Crippen LogP contribution >= 0.6 is 0 Å². The second-order valence-electron chi connectivity index (χ2n) is 3.81. The van der Waals surface area contributed by atoms with Gasteiger partial charge in [-0.25, -0.2) is 0 Å². The van der Waals surface area contributed by atoms with E-state index < -0.39 is 0 Å². The van der Waals surface area contributed by atoms with Crippen LogP contribution in [-0.2, 0) is 6.42 Å². The summed E-state index contributed by atoms with van der Waals surface area (Å²) < 4.78 is 10.7. The van der Waals surface area contributed by atoms with E-state index in [1.165, 1.54) is 0 Å². The SMILES string of the molecule is COc1cc(CC(C)N)c2occc2c1. The molecule has 0 aliphatic heterocycles. The largest absolute Gasteiger partial charge is 0.497 e. The molecule has 0 radical (unpaired) electrons. The zero-order chi connectivity index (χ0) is 10.8. The van der Waals surface area contributed by atoms with Crippen molar-refractivity contribution in [3.05, 3.63) is 30.0 Å². The van der Waals surface area contributed by atoms with Gasteiger partial charge in [-0.2, -0.15) is 0 Å². The number of furan rings is 1. The van der Waals surface area contributed by atoms with Crippen molar-refractivity contribution >= 4 is 11.0 Å². The van der Waals surface area contributed by atoms with Crippen molar-refractivity contribution in [3.8, 4) is 5.75 Å². The minimum atomic E-state index is 0.116. The van der Waals surface area contributed by atoms with Crippen LogP contribution in [0.4, 0.5) is 0 Å². The van der Waals surface area contributed by atoms with Gasteiger partial charge in [0.05, 0.1) is 13.4 Å². The van der Waals surface area contributed by atoms with E-state index in [1.807, 2.05) is 25.1 Å². The van der Waals surface area contributed by atoms with E-state index in [9.17, 15) is 0 Å². The van der Waals surface area contributed by atoms with E-state index in [1.54, 1.807) is 13.4 Å². The molecule has 1 unspecified atom stereocenters. The van der Waals surface area contributed by atoms with Gasteiger partial charge in [-0.15, -0.1) is 0 Å². The maximum Gasteiger partial charge on any atom is 0.137 e. The van der Waals surface area contributed by atoms with Crippen molar-refractivity contribution < 1.29 is 9.15 Å². The van der Waals surface area contributed by atoms with E-state index in [0.29, 0.717) is 0 Å². The van der Waals surface area contributed by atoms with E-state index >= 15 is 0 Å². The van der Waals surface area contributed by atoms with Crippen LogP contribution in [0.25, 0.3) is 11.0 Å². The third-order valence-electron chi connectivity index (χ3n) is 2.38. The number of hydrogen-bond donors (Lipinski definition) is 1. The summed E-state index contributed by atoms with van der Waals surface area (Å²) in [6.45, 7) is 1.98. The molecule has 0 saturated heterocycles. The third-order valence-corrected chi connectivity index (χ3v) is 2.38. The predicted octanol–water partition coefficient (Wildman–Crippen LogP) is 2.33. The van der Waals surface area contributed by atoms with Gasteiger partial charge in [-0.05, 0) is 31.5 Å². The Labute approximate surface area is 88.8 Å². The van der Waals surface area contributed by atoms with E-state index in [4.69, 9.17) is 14.9 Å². The number of hydrogen-bond acceptors (Lipinski definition) is 3. The first-order valence-electron chi connectivity index (χ1n) is 5.00. The Morgan fingerprint density at radius 1 is 1.47 bits per heavy atom. The minimum Gasteiger partial charge on any atom is -0.497 e. The van der Waals surface area contributed by atoms with Crippen LogP contribution in [0.2, 0.25) is 0 Å². The van der Waals surface area contributed by atoms with Gasteiger partial charge in [-0.1, -0.05) is 0 Å². The van der Waals surface area contributed by atoms with Crippen LogP contribution in [0.5, 0.6) is 5.75 Å². The summed E-state index contributed by atoms with van der Waals surface area (Å²) >= 11 is 0. The Balaban J connectivity index is 2.53. The molecule has 2 aromatic rings. The molecule has 0 aliphatic rings. The zero-order valence-electron chi connectivity index (χ0n) is 8.99. The molecule has 3 nitrogen and oxygen atoms in total. The summed E-state index contributed by atoms with van der Waals surface area (Å²) in [7, 11) is 1.66. The first-order chi connectivity index (χ1) is 7.20. The summed E-state index contributed by atoms with van der Waals surface area (Å²) in [4.78, 5) is 0. The quantitative estimate of drug-likeness (QED) is 0.836. The Hall–Kier alpha value is -1.48. The molecule has 2 N–H and O–H groups in total. The smallest absolute Gasteiger partial charge is 0.137 e. The van der Waals surface area contributed by atoms with Crippen molar-refractivity contribution in [3.63, 3.8) is 0 Å². The lowest BCUT2D eigenvalue weighted by Crippen LogP contribution is -2.17. The lowest BCUT2D eigenvalue weighted by Gasteiger charge is -2.08. The molecule has 1 heterocycles. The summed E-state index contributed by atoms with van der Waals surface area (Å²) in [5.74, 6) is 0.847. The first kappa shape index (κ1) is 10.1. The molecule has 1 aromatic heterocycles. The number of rotatable bonds is 3. The summed E-state index contributed by atoms with van der Waals surface area (Å²) in [6.07, 6.45) is 2.48. The molecular formula is C12H15NO2. The molecule has 1 atom stereocenters. The highest BCUT2D eigenvalue weighted by Gasteiger charge is 2.09. The molecule has 1 aromatic carbocycles. The molecule has 0 bridgehead atoms. The zero-order valence-corrected chi connectivity index (χ0v) is 8.99. The summed E-state index contributed by atoms with van der Waals surface area (Å²) in [5, 5.41) is 1.06. The van der Waals surface area contributed by atoms with E-state index in [2.05, 4.69) is 0 Å². The fourth-order valence-electron chi connectivity index (χ4n) is 1.74. The van der Waals surface area contributed by atoms with Gasteiger partial charge >= 0.3 is 0 Å². The van der Waals surface area contributed by atoms with Crippen molar-refractivity contribution in [1.29, 1.82) is 0 Å². The Morgan fingerprint density at radius 3 is 2.93 bits per heavy atom. The predicted molar refractivity (Wildman–Crippen MR) is 60.1 cm³/mol. The summed E-state index contributed by atoms with van der Waals surface area (Å²) in [5.41, 5.74) is 7.80. The third kappa shape index (κ3) is 1.97. The van der Waals surface area contributed by atoms with Gasteiger partial charge in [0.25, 0.3) is 0 Å². The lowest BCUT2D eigenvalue weighted by atomic mass is 10.0. The van der Waals surface area contributed by atoms with Crippen LogP contribution in [0.15, 0.2) is 28.9 Å². The van der Waals surface area contributed by atoms with Crippen molar-refractivity contribution in [2.24, 2.45) is 5.73 Å². The minimum absolute atomic E-state index is 0.116. The van der Waals surface area contributed by atoms with E-state index in [-0.39, 0.29) is 6.04 Å². The van der Waals surface area contributed by atoms with Crippen molar-refractivity contribution in [2.75, 3.05) is 7.11 Å². The van der Waals surface area contributed by atoms with Gasteiger partial charge < -0.3 is 14.9 Å². The van der Waals surface area contributed by atoms with E-state index in [0.717, 1.165) is 28.7 Å². The monoisotopic (exact) mass is 205 g/mol. The average molecular weight is 205 g/mol. The molecular weight excluding hydrogens is 190 g/mol. The van der Waals surface area contributed by atoms with Gasteiger partial charge in [0.2, 0.25) is 0 Å².